The lowest BCUT2D eigenvalue weighted by molar-refractivity contribution is -0.385. The molecule has 0 saturated heterocycles. The molecule has 0 bridgehead atoms. The molecule has 0 aromatic carbocycles. The molecule has 1 aromatic heterocycles. The van der Waals surface area contributed by atoms with E-state index < -0.39 is 10.9 Å². The second kappa shape index (κ2) is 4.89. The van der Waals surface area contributed by atoms with Crippen molar-refractivity contribution in [1.82, 2.24) is 4.98 Å². The molecule has 0 fully saturated rings. The highest BCUT2D eigenvalue weighted by atomic mass is 16.6. The number of carbonyl (C=O) groups is 1. The minimum atomic E-state index is -0.683. The zero-order valence-electron chi connectivity index (χ0n) is 8.68. The molecule has 0 saturated carbocycles. The molecule has 0 aliphatic heterocycles. The highest BCUT2D eigenvalue weighted by molar-refractivity contribution is 5.88. The van der Waals surface area contributed by atoms with E-state index in [1.165, 1.54) is 13.2 Å². The highest BCUT2D eigenvalue weighted by Gasteiger charge is 2.10. The first-order chi connectivity index (χ1) is 7.54. The SMILES string of the molecule is COC(=O)C#Cc1cc(C)c([N+](=O)[O-])cn1. The molecule has 0 amide bonds. The third kappa shape index (κ3) is 2.78. The molecular formula is C10H8N2O4. The summed E-state index contributed by atoms with van der Waals surface area (Å²) < 4.78 is 4.32. The molecule has 1 heterocycles. The average molecular weight is 220 g/mol. The first-order valence-corrected chi connectivity index (χ1v) is 4.25. The number of nitro groups is 1. The van der Waals surface area contributed by atoms with Gasteiger partial charge in [-0.25, -0.2) is 9.78 Å². The van der Waals surface area contributed by atoms with Crippen molar-refractivity contribution in [2.24, 2.45) is 0 Å². The van der Waals surface area contributed by atoms with Crippen LogP contribution in [0.3, 0.4) is 0 Å². The standard InChI is InChI=1S/C10H8N2O4/c1-7-5-8(3-4-10(13)16-2)11-6-9(7)12(14)15/h5-6H,1-2H3. The minimum Gasteiger partial charge on any atom is -0.459 e. The van der Waals surface area contributed by atoms with E-state index in [0.29, 0.717) is 5.56 Å². The molecule has 0 N–H and O–H groups in total. The fraction of sp³-hybridized carbons (Fsp3) is 0.200. The van der Waals surface area contributed by atoms with Crippen molar-refractivity contribution < 1.29 is 14.5 Å². The van der Waals surface area contributed by atoms with Crippen molar-refractivity contribution in [3.05, 3.63) is 33.6 Å². The monoisotopic (exact) mass is 220 g/mol. The number of hydrogen-bond acceptors (Lipinski definition) is 5. The Morgan fingerprint density at radius 3 is 2.81 bits per heavy atom. The topological polar surface area (TPSA) is 82.3 Å². The quantitative estimate of drug-likeness (QED) is 0.303. The Bertz CT molecular complexity index is 499. The molecule has 6 heteroatoms. The number of aromatic nitrogens is 1. The summed E-state index contributed by atoms with van der Waals surface area (Å²) in [6.07, 6.45) is 1.11. The molecule has 0 unspecified atom stereocenters. The van der Waals surface area contributed by atoms with Gasteiger partial charge in [0.15, 0.2) is 0 Å². The number of carbonyl (C=O) groups excluding carboxylic acids is 1. The number of hydrogen-bond donors (Lipinski definition) is 0. The van der Waals surface area contributed by atoms with Crippen LogP contribution in [0, 0.1) is 28.9 Å². The van der Waals surface area contributed by atoms with E-state index in [4.69, 9.17) is 0 Å². The number of rotatable bonds is 1. The molecule has 1 rings (SSSR count). The number of nitrogens with zero attached hydrogens (tertiary/aromatic N) is 2. The number of pyridine rings is 1. The van der Waals surface area contributed by atoms with E-state index >= 15 is 0 Å². The van der Waals surface area contributed by atoms with Crippen molar-refractivity contribution in [3.8, 4) is 11.8 Å². The van der Waals surface area contributed by atoms with Crippen molar-refractivity contribution in [2.75, 3.05) is 7.11 Å². The van der Waals surface area contributed by atoms with Gasteiger partial charge in [-0.1, -0.05) is 0 Å². The van der Waals surface area contributed by atoms with Gasteiger partial charge >= 0.3 is 5.97 Å². The van der Waals surface area contributed by atoms with Gasteiger partial charge in [-0.05, 0) is 18.9 Å². The van der Waals surface area contributed by atoms with Gasteiger partial charge in [-0.15, -0.1) is 0 Å². The second-order valence-corrected chi connectivity index (χ2v) is 2.85. The van der Waals surface area contributed by atoms with Crippen LogP contribution < -0.4 is 0 Å². The largest absolute Gasteiger partial charge is 0.459 e. The smallest absolute Gasteiger partial charge is 0.384 e. The Kier molecular flexibility index (Phi) is 3.56. The van der Waals surface area contributed by atoms with Gasteiger partial charge in [0.2, 0.25) is 0 Å². The Hall–Kier alpha value is -2.42. The van der Waals surface area contributed by atoms with Crippen LogP contribution in [-0.2, 0) is 9.53 Å². The molecule has 6 nitrogen and oxygen atoms in total. The molecule has 1 aromatic rings. The van der Waals surface area contributed by atoms with Crippen LogP contribution in [-0.4, -0.2) is 23.0 Å². The van der Waals surface area contributed by atoms with E-state index in [9.17, 15) is 14.9 Å². The highest BCUT2D eigenvalue weighted by Crippen LogP contribution is 2.15. The fourth-order valence-corrected chi connectivity index (χ4v) is 0.974. The molecule has 0 radical (unpaired) electrons. The number of aryl methyl sites for hydroxylation is 1. The minimum absolute atomic E-state index is 0.0800. The molecule has 0 aliphatic carbocycles. The lowest BCUT2D eigenvalue weighted by Gasteiger charge is -1.95. The van der Waals surface area contributed by atoms with Crippen molar-refractivity contribution in [2.45, 2.75) is 6.92 Å². The van der Waals surface area contributed by atoms with Crippen molar-refractivity contribution in [3.63, 3.8) is 0 Å². The van der Waals surface area contributed by atoms with Crippen LogP contribution in [0.4, 0.5) is 5.69 Å². The van der Waals surface area contributed by atoms with E-state index in [1.54, 1.807) is 6.92 Å². The summed E-state index contributed by atoms with van der Waals surface area (Å²) in [6.45, 7) is 1.57. The van der Waals surface area contributed by atoms with Crippen molar-refractivity contribution >= 4 is 11.7 Å². The van der Waals surface area contributed by atoms with Gasteiger partial charge in [0.05, 0.1) is 12.0 Å². The Balaban J connectivity index is 3.01. The summed E-state index contributed by atoms with van der Waals surface area (Å²) in [5.41, 5.74) is 0.645. The molecule has 82 valence electrons. The lowest BCUT2D eigenvalue weighted by Crippen LogP contribution is -1.96. The summed E-state index contributed by atoms with van der Waals surface area (Å²) in [6, 6.07) is 1.44. The molecule has 16 heavy (non-hydrogen) atoms. The second-order valence-electron chi connectivity index (χ2n) is 2.85. The van der Waals surface area contributed by atoms with Crippen LogP contribution in [0.5, 0.6) is 0 Å². The van der Waals surface area contributed by atoms with Crippen LogP contribution >= 0.6 is 0 Å². The molecule has 0 aliphatic rings. The van der Waals surface area contributed by atoms with Crippen LogP contribution in [0.2, 0.25) is 0 Å². The zero-order valence-corrected chi connectivity index (χ0v) is 8.68. The van der Waals surface area contributed by atoms with Crippen LogP contribution in [0.15, 0.2) is 12.3 Å². The zero-order chi connectivity index (χ0) is 12.1. The van der Waals surface area contributed by atoms with Gasteiger partial charge in [-0.3, -0.25) is 10.1 Å². The fourth-order valence-electron chi connectivity index (χ4n) is 0.974. The predicted molar refractivity (Wildman–Crippen MR) is 54.5 cm³/mol. The molecule has 0 atom stereocenters. The first kappa shape index (κ1) is 11.7. The Morgan fingerprint density at radius 2 is 2.31 bits per heavy atom. The maximum Gasteiger partial charge on any atom is 0.384 e. The third-order valence-corrected chi connectivity index (χ3v) is 1.76. The van der Waals surface area contributed by atoms with Gasteiger partial charge < -0.3 is 4.74 Å². The predicted octanol–water partition coefficient (Wildman–Crippen LogP) is 0.823. The van der Waals surface area contributed by atoms with Gasteiger partial charge in [0.25, 0.3) is 5.69 Å². The lowest BCUT2D eigenvalue weighted by atomic mass is 10.2. The van der Waals surface area contributed by atoms with E-state index in [1.807, 2.05) is 0 Å². The maximum atomic E-state index is 10.7. The first-order valence-electron chi connectivity index (χ1n) is 4.25. The summed E-state index contributed by atoms with van der Waals surface area (Å²) in [7, 11) is 1.21. The van der Waals surface area contributed by atoms with Gasteiger partial charge in [0, 0.05) is 11.5 Å². The number of ether oxygens (including phenoxy) is 1. The summed E-state index contributed by atoms with van der Waals surface area (Å²) >= 11 is 0. The summed E-state index contributed by atoms with van der Waals surface area (Å²) in [5.74, 6) is 3.94. The summed E-state index contributed by atoms with van der Waals surface area (Å²) in [5, 5.41) is 10.5. The summed E-state index contributed by atoms with van der Waals surface area (Å²) in [4.78, 5) is 24.4. The van der Waals surface area contributed by atoms with E-state index in [0.717, 1.165) is 6.20 Å². The average Bonchev–Trinajstić information content (AvgIpc) is 2.25. The van der Waals surface area contributed by atoms with Gasteiger partial charge in [0.1, 0.15) is 11.9 Å². The van der Waals surface area contributed by atoms with E-state index in [2.05, 4.69) is 21.6 Å². The maximum absolute atomic E-state index is 10.7. The van der Waals surface area contributed by atoms with E-state index in [-0.39, 0.29) is 11.4 Å². The Labute approximate surface area is 91.4 Å². The van der Waals surface area contributed by atoms with Gasteiger partial charge in [-0.2, -0.15) is 0 Å². The number of esters is 1. The van der Waals surface area contributed by atoms with Crippen LogP contribution in [0.25, 0.3) is 0 Å². The Morgan fingerprint density at radius 1 is 1.62 bits per heavy atom. The number of methoxy groups -OCH3 is 1. The molecular weight excluding hydrogens is 212 g/mol. The van der Waals surface area contributed by atoms with Crippen molar-refractivity contribution in [1.29, 1.82) is 0 Å². The molecule has 0 spiro atoms. The normalized spacial score (nSPS) is 8.88. The third-order valence-electron chi connectivity index (χ3n) is 1.76. The van der Waals surface area contributed by atoms with Crippen LogP contribution in [0.1, 0.15) is 11.3 Å².